The Kier molecular flexibility index (Phi) is 6.77. The van der Waals surface area contributed by atoms with Gasteiger partial charge in [0.25, 0.3) is 5.91 Å². The van der Waals surface area contributed by atoms with Crippen molar-refractivity contribution >= 4 is 28.9 Å². The lowest BCUT2D eigenvalue weighted by Crippen LogP contribution is -2.45. The molecule has 0 aliphatic carbocycles. The van der Waals surface area contributed by atoms with Crippen molar-refractivity contribution in [2.45, 2.75) is 26.7 Å². The van der Waals surface area contributed by atoms with Gasteiger partial charge in [-0.2, -0.15) is 0 Å². The molecule has 3 N–H and O–H groups in total. The van der Waals surface area contributed by atoms with Crippen LogP contribution in [0.1, 0.15) is 30.9 Å². The molecule has 0 saturated carbocycles. The Morgan fingerprint density at radius 3 is 2.40 bits per heavy atom. The average molecular weight is 357 g/mol. The summed E-state index contributed by atoms with van der Waals surface area (Å²) in [5, 5.41) is 3.32. The van der Waals surface area contributed by atoms with Crippen LogP contribution in [0, 0.1) is 6.92 Å². The Labute approximate surface area is 153 Å². The number of carbonyl (C=O) groups excluding carboxylic acids is 1. The summed E-state index contributed by atoms with van der Waals surface area (Å²) < 4.78 is 5.47. The fourth-order valence-corrected chi connectivity index (χ4v) is 2.31. The number of amides is 1. The molecule has 0 heterocycles. The second-order valence-corrected chi connectivity index (χ2v) is 6.37. The molecule has 25 heavy (non-hydrogen) atoms. The molecule has 0 unspecified atom stereocenters. The number of ether oxygens (including phenoxy) is 1. The number of para-hydroxylation sites is 1. The third-order valence-corrected chi connectivity index (χ3v) is 3.81. The molecule has 0 aliphatic heterocycles. The number of hydrazine groups is 1. The van der Waals surface area contributed by atoms with Gasteiger partial charge in [0.2, 0.25) is 0 Å². The number of rotatable bonds is 5. The molecule has 5 nitrogen and oxygen atoms in total. The van der Waals surface area contributed by atoms with Crippen LogP contribution in [0.5, 0.6) is 5.75 Å². The molecule has 6 heteroatoms. The van der Waals surface area contributed by atoms with Crippen LogP contribution in [0.3, 0.4) is 0 Å². The van der Waals surface area contributed by atoms with Crippen molar-refractivity contribution in [3.05, 3.63) is 59.7 Å². The summed E-state index contributed by atoms with van der Waals surface area (Å²) >= 11 is 5.16. The van der Waals surface area contributed by atoms with Gasteiger partial charge >= 0.3 is 0 Å². The fourth-order valence-electron chi connectivity index (χ4n) is 2.14. The Morgan fingerprint density at radius 2 is 1.76 bits per heavy atom. The smallest absolute Gasteiger partial charge is 0.276 e. The van der Waals surface area contributed by atoms with Crippen molar-refractivity contribution in [3.63, 3.8) is 0 Å². The minimum atomic E-state index is -0.317. The van der Waals surface area contributed by atoms with Gasteiger partial charge in [0.05, 0.1) is 0 Å². The third kappa shape index (κ3) is 6.08. The number of thiocarbonyl (C=S) groups is 1. The van der Waals surface area contributed by atoms with E-state index >= 15 is 0 Å². The Morgan fingerprint density at radius 1 is 1.08 bits per heavy atom. The molecular formula is C19H23N3O2S. The van der Waals surface area contributed by atoms with Crippen LogP contribution in [-0.2, 0) is 4.79 Å². The molecule has 2 aromatic carbocycles. The Bertz CT molecular complexity index is 730. The maximum atomic E-state index is 11.8. The number of hydrogen-bond donors (Lipinski definition) is 3. The maximum Gasteiger partial charge on any atom is 0.276 e. The standard InChI is InChI=1S/C19H23N3O2S/c1-13(2)15-8-10-16(11-9-15)20-19(25)22-21-18(23)12-24-17-7-5-4-6-14(17)3/h4-11,13H,12H2,1-3H3,(H,21,23)(H2,20,22,25). The zero-order chi connectivity index (χ0) is 18.2. The van der Waals surface area contributed by atoms with Crippen molar-refractivity contribution in [2.75, 3.05) is 11.9 Å². The SMILES string of the molecule is Cc1ccccc1OCC(=O)NNC(=S)Nc1ccc(C(C)C)cc1. The van der Waals surface area contributed by atoms with Crippen LogP contribution in [0.25, 0.3) is 0 Å². The maximum absolute atomic E-state index is 11.8. The highest BCUT2D eigenvalue weighted by molar-refractivity contribution is 7.80. The molecule has 2 aromatic rings. The largest absolute Gasteiger partial charge is 0.483 e. The van der Waals surface area contributed by atoms with E-state index in [1.54, 1.807) is 0 Å². The molecule has 132 valence electrons. The second-order valence-electron chi connectivity index (χ2n) is 5.96. The van der Waals surface area contributed by atoms with Crippen LogP contribution in [0.15, 0.2) is 48.5 Å². The highest BCUT2D eigenvalue weighted by Gasteiger charge is 2.05. The van der Waals surface area contributed by atoms with Crippen molar-refractivity contribution in [3.8, 4) is 5.75 Å². The van der Waals surface area contributed by atoms with E-state index in [1.165, 1.54) is 5.56 Å². The molecule has 0 fully saturated rings. The van der Waals surface area contributed by atoms with Gasteiger partial charge in [-0.05, 0) is 54.4 Å². The summed E-state index contributed by atoms with van der Waals surface area (Å²) in [7, 11) is 0. The van der Waals surface area contributed by atoms with E-state index in [9.17, 15) is 4.79 Å². The molecule has 1 amide bonds. The van der Waals surface area contributed by atoms with Gasteiger partial charge in [-0.1, -0.05) is 44.2 Å². The van der Waals surface area contributed by atoms with Crippen LogP contribution in [-0.4, -0.2) is 17.6 Å². The number of carbonyl (C=O) groups is 1. The van der Waals surface area contributed by atoms with Gasteiger partial charge in [-0.15, -0.1) is 0 Å². The molecular weight excluding hydrogens is 334 g/mol. The zero-order valence-electron chi connectivity index (χ0n) is 14.6. The molecule has 0 aromatic heterocycles. The first-order valence-electron chi connectivity index (χ1n) is 8.10. The van der Waals surface area contributed by atoms with E-state index in [2.05, 4.69) is 30.0 Å². The Balaban J connectivity index is 1.74. The highest BCUT2D eigenvalue weighted by atomic mass is 32.1. The van der Waals surface area contributed by atoms with Crippen molar-refractivity contribution in [1.82, 2.24) is 10.9 Å². The third-order valence-electron chi connectivity index (χ3n) is 3.60. The zero-order valence-corrected chi connectivity index (χ0v) is 15.4. The van der Waals surface area contributed by atoms with E-state index < -0.39 is 0 Å². The van der Waals surface area contributed by atoms with Crippen LogP contribution in [0.2, 0.25) is 0 Å². The van der Waals surface area contributed by atoms with E-state index in [1.807, 2.05) is 55.5 Å². The normalized spacial score (nSPS) is 10.2. The molecule has 0 bridgehead atoms. The van der Waals surface area contributed by atoms with Gasteiger partial charge in [-0.25, -0.2) is 0 Å². The van der Waals surface area contributed by atoms with Crippen LogP contribution >= 0.6 is 12.2 Å². The first-order chi connectivity index (χ1) is 12.0. The van der Waals surface area contributed by atoms with E-state index in [-0.39, 0.29) is 12.5 Å². The summed E-state index contributed by atoms with van der Waals surface area (Å²) in [6.07, 6.45) is 0. The lowest BCUT2D eigenvalue weighted by atomic mass is 10.0. The van der Waals surface area contributed by atoms with Crippen molar-refractivity contribution < 1.29 is 9.53 Å². The van der Waals surface area contributed by atoms with Crippen molar-refractivity contribution in [2.24, 2.45) is 0 Å². The Hall–Kier alpha value is -2.60. The van der Waals surface area contributed by atoms with Crippen LogP contribution in [0.4, 0.5) is 5.69 Å². The number of hydrogen-bond acceptors (Lipinski definition) is 3. The van der Waals surface area contributed by atoms with E-state index in [0.717, 1.165) is 11.3 Å². The van der Waals surface area contributed by atoms with E-state index in [0.29, 0.717) is 16.8 Å². The topological polar surface area (TPSA) is 62.4 Å². The molecule has 0 atom stereocenters. The molecule has 0 radical (unpaired) electrons. The first kappa shape index (κ1) is 18.7. The first-order valence-corrected chi connectivity index (χ1v) is 8.50. The monoisotopic (exact) mass is 357 g/mol. The summed E-state index contributed by atoms with van der Waals surface area (Å²) in [5.74, 6) is 0.845. The summed E-state index contributed by atoms with van der Waals surface area (Å²) in [6.45, 7) is 6.12. The van der Waals surface area contributed by atoms with Gasteiger partial charge in [0.1, 0.15) is 5.75 Å². The number of nitrogens with one attached hydrogen (secondary N) is 3. The summed E-state index contributed by atoms with van der Waals surface area (Å²) in [6, 6.07) is 15.5. The minimum Gasteiger partial charge on any atom is -0.483 e. The fraction of sp³-hybridized carbons (Fsp3) is 0.263. The minimum absolute atomic E-state index is 0.0937. The quantitative estimate of drug-likeness (QED) is 0.565. The van der Waals surface area contributed by atoms with E-state index in [4.69, 9.17) is 17.0 Å². The lowest BCUT2D eigenvalue weighted by Gasteiger charge is -2.13. The molecule has 0 aliphatic rings. The molecule has 0 saturated heterocycles. The predicted octanol–water partition coefficient (Wildman–Crippen LogP) is 3.52. The van der Waals surface area contributed by atoms with Gasteiger partial charge in [0.15, 0.2) is 11.7 Å². The average Bonchev–Trinajstić information content (AvgIpc) is 2.59. The van der Waals surface area contributed by atoms with Gasteiger partial charge in [-0.3, -0.25) is 15.6 Å². The molecule has 2 rings (SSSR count). The van der Waals surface area contributed by atoms with Gasteiger partial charge < -0.3 is 10.1 Å². The van der Waals surface area contributed by atoms with Gasteiger partial charge in [0, 0.05) is 5.69 Å². The predicted molar refractivity (Wildman–Crippen MR) is 105 cm³/mol. The summed E-state index contributed by atoms with van der Waals surface area (Å²) in [4.78, 5) is 11.8. The molecule has 0 spiro atoms. The number of aryl methyl sites for hydroxylation is 1. The number of benzene rings is 2. The number of anilines is 1. The summed E-state index contributed by atoms with van der Waals surface area (Å²) in [5.41, 5.74) is 8.25. The highest BCUT2D eigenvalue weighted by Crippen LogP contribution is 2.17. The lowest BCUT2D eigenvalue weighted by molar-refractivity contribution is -0.123. The van der Waals surface area contributed by atoms with Crippen LogP contribution < -0.4 is 20.9 Å². The van der Waals surface area contributed by atoms with Crippen molar-refractivity contribution in [1.29, 1.82) is 0 Å². The second kappa shape index (κ2) is 9.03.